The molecular formula is C13H12BrFN2O3. The van der Waals surface area contributed by atoms with Crippen molar-refractivity contribution in [1.29, 1.82) is 0 Å². The number of benzene rings is 1. The van der Waals surface area contributed by atoms with Crippen molar-refractivity contribution in [2.75, 3.05) is 11.9 Å². The molecule has 1 heterocycles. The van der Waals surface area contributed by atoms with Crippen LogP contribution in [0.15, 0.2) is 45.5 Å². The predicted molar refractivity (Wildman–Crippen MR) is 74.8 cm³/mol. The molecule has 7 heteroatoms. The van der Waals surface area contributed by atoms with Gasteiger partial charge >= 0.3 is 6.03 Å². The Kier molecular flexibility index (Phi) is 4.75. The number of amides is 2. The largest absolute Gasteiger partial charge is 0.467 e. The van der Waals surface area contributed by atoms with E-state index in [2.05, 4.69) is 26.6 Å². The van der Waals surface area contributed by atoms with Crippen molar-refractivity contribution < 1.29 is 18.7 Å². The third-order valence-corrected chi connectivity index (χ3v) is 3.20. The Morgan fingerprint density at radius 1 is 1.45 bits per heavy atom. The van der Waals surface area contributed by atoms with Gasteiger partial charge in [0.15, 0.2) is 0 Å². The van der Waals surface area contributed by atoms with Gasteiger partial charge in [-0.3, -0.25) is 0 Å². The van der Waals surface area contributed by atoms with Crippen molar-refractivity contribution >= 4 is 27.6 Å². The first-order valence-corrected chi connectivity index (χ1v) is 6.57. The summed E-state index contributed by atoms with van der Waals surface area (Å²) in [6, 6.07) is 6.64. The molecule has 0 aliphatic rings. The highest BCUT2D eigenvalue weighted by Crippen LogP contribution is 2.22. The van der Waals surface area contributed by atoms with Crippen molar-refractivity contribution in [1.82, 2.24) is 5.32 Å². The van der Waals surface area contributed by atoms with E-state index in [4.69, 9.17) is 4.42 Å². The number of hydrogen-bond acceptors (Lipinski definition) is 3. The number of carbonyl (C=O) groups is 1. The zero-order valence-electron chi connectivity index (χ0n) is 10.3. The quantitative estimate of drug-likeness (QED) is 0.799. The van der Waals surface area contributed by atoms with Crippen LogP contribution in [-0.2, 0) is 0 Å². The van der Waals surface area contributed by atoms with Gasteiger partial charge in [0.1, 0.15) is 17.7 Å². The summed E-state index contributed by atoms with van der Waals surface area (Å²) in [4.78, 5) is 11.6. The van der Waals surface area contributed by atoms with E-state index < -0.39 is 18.0 Å². The Labute approximate surface area is 122 Å². The Hall–Kier alpha value is -1.86. The number of nitrogens with one attached hydrogen (secondary N) is 2. The second-order valence-corrected chi connectivity index (χ2v) is 4.84. The van der Waals surface area contributed by atoms with E-state index in [1.165, 1.54) is 24.5 Å². The first-order chi connectivity index (χ1) is 9.56. The molecule has 2 amide bonds. The van der Waals surface area contributed by atoms with Gasteiger partial charge in [-0.15, -0.1) is 0 Å². The molecule has 0 aliphatic heterocycles. The number of rotatable bonds is 4. The minimum absolute atomic E-state index is 0.0215. The van der Waals surface area contributed by atoms with E-state index >= 15 is 0 Å². The van der Waals surface area contributed by atoms with Crippen LogP contribution in [0.5, 0.6) is 0 Å². The van der Waals surface area contributed by atoms with Crippen LogP contribution in [0.1, 0.15) is 11.9 Å². The number of anilines is 1. The summed E-state index contributed by atoms with van der Waals surface area (Å²) >= 11 is 3.20. The molecule has 1 aromatic heterocycles. The molecule has 0 fully saturated rings. The second kappa shape index (κ2) is 6.53. The first kappa shape index (κ1) is 14.5. The SMILES string of the molecule is O=C(NCC(O)c1ccco1)Nc1cc(F)ccc1Br. The highest BCUT2D eigenvalue weighted by molar-refractivity contribution is 9.10. The smallest absolute Gasteiger partial charge is 0.319 e. The van der Waals surface area contributed by atoms with Crippen molar-refractivity contribution in [3.8, 4) is 0 Å². The number of carbonyl (C=O) groups excluding carboxylic acids is 1. The maximum Gasteiger partial charge on any atom is 0.319 e. The average molecular weight is 343 g/mol. The van der Waals surface area contributed by atoms with Gasteiger partial charge in [-0.25, -0.2) is 9.18 Å². The molecule has 2 aromatic rings. The summed E-state index contributed by atoms with van der Waals surface area (Å²) in [6.45, 7) is -0.0215. The molecule has 1 unspecified atom stereocenters. The van der Waals surface area contributed by atoms with Crippen LogP contribution in [0.2, 0.25) is 0 Å². The number of hydrogen-bond donors (Lipinski definition) is 3. The molecule has 0 aliphatic carbocycles. The Balaban J connectivity index is 1.88. The topological polar surface area (TPSA) is 74.5 Å². The summed E-state index contributed by atoms with van der Waals surface area (Å²) < 4.78 is 18.6. The fourth-order valence-electron chi connectivity index (χ4n) is 1.53. The highest BCUT2D eigenvalue weighted by Gasteiger charge is 2.12. The summed E-state index contributed by atoms with van der Waals surface area (Å²) in [6.07, 6.45) is 0.495. The second-order valence-electron chi connectivity index (χ2n) is 3.99. The van der Waals surface area contributed by atoms with Gasteiger partial charge in [-0.1, -0.05) is 0 Å². The van der Waals surface area contributed by atoms with E-state index in [0.717, 1.165) is 0 Å². The van der Waals surface area contributed by atoms with Gasteiger partial charge in [0.25, 0.3) is 0 Å². The van der Waals surface area contributed by atoms with Crippen molar-refractivity contribution in [2.24, 2.45) is 0 Å². The number of urea groups is 1. The molecule has 1 aromatic carbocycles. The van der Waals surface area contributed by atoms with Gasteiger partial charge in [0.2, 0.25) is 0 Å². The lowest BCUT2D eigenvalue weighted by atomic mass is 10.3. The number of aliphatic hydroxyl groups excluding tert-OH is 1. The number of aliphatic hydroxyl groups is 1. The molecule has 0 bridgehead atoms. The third-order valence-electron chi connectivity index (χ3n) is 2.50. The minimum Gasteiger partial charge on any atom is -0.467 e. The summed E-state index contributed by atoms with van der Waals surface area (Å²) in [7, 11) is 0. The predicted octanol–water partition coefficient (Wildman–Crippen LogP) is 3.04. The number of halogens is 2. The average Bonchev–Trinajstić information content (AvgIpc) is 2.94. The van der Waals surface area contributed by atoms with Crippen LogP contribution in [-0.4, -0.2) is 17.7 Å². The number of furan rings is 1. The maximum absolute atomic E-state index is 13.1. The van der Waals surface area contributed by atoms with Crippen LogP contribution < -0.4 is 10.6 Å². The van der Waals surface area contributed by atoms with Gasteiger partial charge in [-0.2, -0.15) is 0 Å². The molecule has 0 saturated carbocycles. The summed E-state index contributed by atoms with van der Waals surface area (Å²) in [5.74, 6) is -0.101. The van der Waals surface area contributed by atoms with E-state index in [-0.39, 0.29) is 6.54 Å². The van der Waals surface area contributed by atoms with E-state index in [9.17, 15) is 14.3 Å². The Morgan fingerprint density at radius 2 is 2.25 bits per heavy atom. The lowest BCUT2D eigenvalue weighted by molar-refractivity contribution is 0.149. The molecule has 0 radical (unpaired) electrons. The monoisotopic (exact) mass is 342 g/mol. The Morgan fingerprint density at radius 3 is 2.95 bits per heavy atom. The van der Waals surface area contributed by atoms with Crippen LogP contribution in [0, 0.1) is 5.82 Å². The van der Waals surface area contributed by atoms with Crippen LogP contribution in [0.3, 0.4) is 0 Å². The lowest BCUT2D eigenvalue weighted by Gasteiger charge is -2.11. The van der Waals surface area contributed by atoms with Crippen molar-refractivity contribution in [3.05, 3.63) is 52.6 Å². The summed E-state index contributed by atoms with van der Waals surface area (Å²) in [5.41, 5.74) is 0.301. The minimum atomic E-state index is -0.938. The molecule has 2 rings (SSSR count). The van der Waals surface area contributed by atoms with Gasteiger partial charge in [-0.05, 0) is 46.3 Å². The fraction of sp³-hybridized carbons (Fsp3) is 0.154. The van der Waals surface area contributed by atoms with Crippen molar-refractivity contribution in [2.45, 2.75) is 6.10 Å². The zero-order chi connectivity index (χ0) is 14.5. The van der Waals surface area contributed by atoms with Gasteiger partial charge in [0, 0.05) is 4.47 Å². The lowest BCUT2D eigenvalue weighted by Crippen LogP contribution is -2.32. The molecule has 20 heavy (non-hydrogen) atoms. The zero-order valence-corrected chi connectivity index (χ0v) is 11.9. The van der Waals surface area contributed by atoms with E-state index in [1.807, 2.05) is 0 Å². The molecule has 1 atom stereocenters. The first-order valence-electron chi connectivity index (χ1n) is 5.77. The maximum atomic E-state index is 13.1. The molecular weight excluding hydrogens is 331 g/mol. The molecule has 106 valence electrons. The van der Waals surface area contributed by atoms with Crippen LogP contribution in [0.4, 0.5) is 14.9 Å². The van der Waals surface area contributed by atoms with Gasteiger partial charge < -0.3 is 20.2 Å². The van der Waals surface area contributed by atoms with E-state index in [0.29, 0.717) is 15.9 Å². The van der Waals surface area contributed by atoms with Gasteiger partial charge in [0.05, 0.1) is 18.5 Å². The normalized spacial score (nSPS) is 11.9. The Bertz CT molecular complexity index is 589. The molecule has 0 saturated heterocycles. The van der Waals surface area contributed by atoms with E-state index in [1.54, 1.807) is 12.1 Å². The van der Waals surface area contributed by atoms with Crippen molar-refractivity contribution in [3.63, 3.8) is 0 Å². The van der Waals surface area contributed by atoms with Crippen LogP contribution in [0.25, 0.3) is 0 Å². The molecule has 5 nitrogen and oxygen atoms in total. The third kappa shape index (κ3) is 3.82. The standard InChI is InChI=1S/C13H12BrFN2O3/c14-9-4-3-8(15)6-10(9)17-13(19)16-7-11(18)12-2-1-5-20-12/h1-6,11,18H,7H2,(H2,16,17,19). The summed E-state index contributed by atoms with van der Waals surface area (Å²) in [5, 5.41) is 14.7. The highest BCUT2D eigenvalue weighted by atomic mass is 79.9. The molecule has 3 N–H and O–H groups in total. The fourth-order valence-corrected chi connectivity index (χ4v) is 1.88. The van der Waals surface area contributed by atoms with Crippen LogP contribution >= 0.6 is 15.9 Å². The molecule has 0 spiro atoms.